The Morgan fingerprint density at radius 1 is 1.50 bits per heavy atom. The van der Waals surface area contributed by atoms with Crippen LogP contribution in [0.25, 0.3) is 0 Å². The Morgan fingerprint density at radius 2 is 2.25 bits per heavy atom. The first kappa shape index (κ1) is 14.2. The second-order valence-corrected chi connectivity index (χ2v) is 6.85. The monoisotopic (exact) mass is 358 g/mol. The number of benzene rings is 1. The summed E-state index contributed by atoms with van der Waals surface area (Å²) in [5.74, 6) is -0.785. The zero-order chi connectivity index (χ0) is 14.3. The molecule has 0 radical (unpaired) electrons. The largest absolute Gasteiger partial charge is 0.479 e. The minimum Gasteiger partial charge on any atom is -0.479 e. The predicted molar refractivity (Wildman–Crippen MR) is 82.4 cm³/mol. The van der Waals surface area contributed by atoms with E-state index in [1.807, 2.05) is 12.1 Å². The first-order chi connectivity index (χ1) is 9.50. The Hall–Kier alpha value is -0.780. The highest BCUT2D eigenvalue weighted by Gasteiger charge is 2.48. The van der Waals surface area contributed by atoms with Crippen molar-refractivity contribution in [3.8, 4) is 0 Å². The Balaban J connectivity index is 1.80. The zero-order valence-electron chi connectivity index (χ0n) is 10.9. The number of anilines is 1. The molecular weight excluding hydrogens is 344 g/mol. The lowest BCUT2D eigenvalue weighted by atomic mass is 9.98. The van der Waals surface area contributed by atoms with E-state index in [0.29, 0.717) is 24.0 Å². The standard InChI is InChI=1S/C14H16BrClN2O2/c15-11-7-9(1-4-12(11)16)17-14(13(19)20)5-6-18(8-14)10-2-3-10/h1,4,7,10,17H,2-3,5-6,8H2,(H,19,20). The molecule has 0 aromatic heterocycles. The molecule has 3 rings (SSSR count). The van der Waals surface area contributed by atoms with E-state index in [4.69, 9.17) is 11.6 Å². The van der Waals surface area contributed by atoms with Crippen molar-refractivity contribution in [2.24, 2.45) is 0 Å². The molecule has 2 fully saturated rings. The lowest BCUT2D eigenvalue weighted by Crippen LogP contribution is -2.49. The van der Waals surface area contributed by atoms with Gasteiger partial charge in [-0.1, -0.05) is 11.6 Å². The van der Waals surface area contributed by atoms with Gasteiger partial charge in [0.15, 0.2) is 0 Å². The third kappa shape index (κ3) is 2.67. The molecule has 1 heterocycles. The van der Waals surface area contributed by atoms with Crippen LogP contribution in [0.4, 0.5) is 5.69 Å². The normalized spacial score (nSPS) is 26.7. The van der Waals surface area contributed by atoms with Crippen LogP contribution in [0, 0.1) is 0 Å². The molecule has 1 saturated carbocycles. The van der Waals surface area contributed by atoms with Crippen LogP contribution in [-0.4, -0.2) is 40.6 Å². The van der Waals surface area contributed by atoms with Gasteiger partial charge in [-0.05, 0) is 53.4 Å². The van der Waals surface area contributed by atoms with Gasteiger partial charge >= 0.3 is 5.97 Å². The average Bonchev–Trinajstić information content (AvgIpc) is 3.16. The quantitative estimate of drug-likeness (QED) is 0.867. The van der Waals surface area contributed by atoms with E-state index in [9.17, 15) is 9.90 Å². The van der Waals surface area contributed by atoms with E-state index >= 15 is 0 Å². The van der Waals surface area contributed by atoms with E-state index in [0.717, 1.165) is 16.7 Å². The van der Waals surface area contributed by atoms with Crippen LogP contribution in [0.1, 0.15) is 19.3 Å². The third-order valence-corrected chi connectivity index (χ3v) is 5.29. The molecule has 0 bridgehead atoms. The summed E-state index contributed by atoms with van der Waals surface area (Å²) in [6.07, 6.45) is 3.02. The molecule has 2 N–H and O–H groups in total. The van der Waals surface area contributed by atoms with Crippen molar-refractivity contribution in [3.63, 3.8) is 0 Å². The highest BCUT2D eigenvalue weighted by atomic mass is 79.9. The molecular formula is C14H16BrClN2O2. The highest BCUT2D eigenvalue weighted by Crippen LogP contribution is 2.36. The Morgan fingerprint density at radius 3 is 2.85 bits per heavy atom. The summed E-state index contributed by atoms with van der Waals surface area (Å²) in [4.78, 5) is 14.0. The molecule has 1 saturated heterocycles. The van der Waals surface area contributed by atoms with Crippen LogP contribution in [0.3, 0.4) is 0 Å². The number of hydrogen-bond acceptors (Lipinski definition) is 3. The van der Waals surface area contributed by atoms with Crippen molar-refractivity contribution in [1.82, 2.24) is 4.90 Å². The van der Waals surface area contributed by atoms with Crippen molar-refractivity contribution in [2.75, 3.05) is 18.4 Å². The summed E-state index contributed by atoms with van der Waals surface area (Å²) < 4.78 is 0.766. The van der Waals surface area contributed by atoms with Crippen LogP contribution in [0.2, 0.25) is 5.02 Å². The SMILES string of the molecule is O=C(O)C1(Nc2ccc(Cl)c(Br)c2)CCN(C2CC2)C1. The fourth-order valence-corrected chi connectivity index (χ4v) is 3.27. The van der Waals surface area contributed by atoms with Crippen LogP contribution >= 0.6 is 27.5 Å². The summed E-state index contributed by atoms with van der Waals surface area (Å²) in [5.41, 5.74) is -0.114. The number of halogens is 2. The van der Waals surface area contributed by atoms with Crippen LogP contribution in [0.5, 0.6) is 0 Å². The van der Waals surface area contributed by atoms with Gasteiger partial charge in [0.05, 0.1) is 5.02 Å². The first-order valence-electron chi connectivity index (χ1n) is 6.71. The van der Waals surface area contributed by atoms with Gasteiger partial charge in [-0.3, -0.25) is 4.90 Å². The number of hydrogen-bond donors (Lipinski definition) is 2. The Labute approximate surface area is 131 Å². The predicted octanol–water partition coefficient (Wildman–Crippen LogP) is 3.21. The zero-order valence-corrected chi connectivity index (χ0v) is 13.2. The second-order valence-electron chi connectivity index (χ2n) is 5.59. The third-order valence-electron chi connectivity index (χ3n) is 4.07. The van der Waals surface area contributed by atoms with Crippen molar-refractivity contribution in [1.29, 1.82) is 0 Å². The van der Waals surface area contributed by atoms with E-state index in [-0.39, 0.29) is 0 Å². The molecule has 20 heavy (non-hydrogen) atoms. The summed E-state index contributed by atoms with van der Waals surface area (Å²) in [6.45, 7) is 1.41. The Kier molecular flexibility index (Phi) is 3.69. The number of carbonyl (C=O) groups is 1. The molecule has 1 aliphatic heterocycles. The number of rotatable bonds is 4. The van der Waals surface area contributed by atoms with Gasteiger partial charge in [-0.25, -0.2) is 4.79 Å². The van der Waals surface area contributed by atoms with Gasteiger partial charge in [0, 0.05) is 29.3 Å². The smallest absolute Gasteiger partial charge is 0.330 e. The summed E-state index contributed by atoms with van der Waals surface area (Å²) >= 11 is 9.33. The topological polar surface area (TPSA) is 52.6 Å². The number of likely N-dealkylation sites (tertiary alicyclic amines) is 1. The summed E-state index contributed by atoms with van der Waals surface area (Å²) in [6, 6.07) is 6.00. The molecule has 108 valence electrons. The Bertz CT molecular complexity index is 550. The van der Waals surface area contributed by atoms with E-state index < -0.39 is 11.5 Å². The lowest BCUT2D eigenvalue weighted by molar-refractivity contribution is -0.141. The maximum atomic E-state index is 11.7. The highest BCUT2D eigenvalue weighted by molar-refractivity contribution is 9.10. The number of aliphatic carboxylic acids is 1. The molecule has 4 nitrogen and oxygen atoms in total. The van der Waals surface area contributed by atoms with Gasteiger partial charge < -0.3 is 10.4 Å². The van der Waals surface area contributed by atoms with Gasteiger partial charge in [0.1, 0.15) is 5.54 Å². The second kappa shape index (κ2) is 5.20. The first-order valence-corrected chi connectivity index (χ1v) is 7.88. The van der Waals surface area contributed by atoms with Crippen LogP contribution in [0.15, 0.2) is 22.7 Å². The van der Waals surface area contributed by atoms with Crippen molar-refractivity contribution >= 4 is 39.2 Å². The molecule has 0 amide bonds. The molecule has 1 aromatic rings. The molecule has 1 aromatic carbocycles. The van der Waals surface area contributed by atoms with E-state index in [2.05, 4.69) is 26.1 Å². The molecule has 6 heteroatoms. The minimum absolute atomic E-state index is 0.563. The van der Waals surface area contributed by atoms with Crippen LogP contribution in [-0.2, 0) is 4.79 Å². The molecule has 2 aliphatic rings. The van der Waals surface area contributed by atoms with Gasteiger partial charge in [-0.2, -0.15) is 0 Å². The lowest BCUT2D eigenvalue weighted by Gasteiger charge is -2.27. The minimum atomic E-state index is -0.893. The molecule has 0 spiro atoms. The fraction of sp³-hybridized carbons (Fsp3) is 0.500. The van der Waals surface area contributed by atoms with Crippen molar-refractivity contribution in [2.45, 2.75) is 30.8 Å². The average molecular weight is 360 g/mol. The van der Waals surface area contributed by atoms with Gasteiger partial charge in [0.25, 0.3) is 0 Å². The maximum Gasteiger partial charge on any atom is 0.330 e. The van der Waals surface area contributed by atoms with Gasteiger partial charge in [-0.15, -0.1) is 0 Å². The number of nitrogens with zero attached hydrogens (tertiary/aromatic N) is 1. The van der Waals surface area contributed by atoms with E-state index in [1.54, 1.807) is 6.07 Å². The molecule has 1 atom stereocenters. The van der Waals surface area contributed by atoms with Crippen LogP contribution < -0.4 is 5.32 Å². The molecule has 1 unspecified atom stereocenters. The number of carboxylic acids is 1. The molecule has 1 aliphatic carbocycles. The van der Waals surface area contributed by atoms with Gasteiger partial charge in [0.2, 0.25) is 0 Å². The number of nitrogens with one attached hydrogen (secondary N) is 1. The maximum absolute atomic E-state index is 11.7. The van der Waals surface area contributed by atoms with E-state index in [1.165, 1.54) is 12.8 Å². The van der Waals surface area contributed by atoms with Crippen molar-refractivity contribution in [3.05, 3.63) is 27.7 Å². The summed E-state index contributed by atoms with van der Waals surface area (Å²) in [5, 5.41) is 13.5. The van der Waals surface area contributed by atoms with Crippen molar-refractivity contribution < 1.29 is 9.90 Å². The fourth-order valence-electron chi connectivity index (χ4n) is 2.77. The summed E-state index contributed by atoms with van der Waals surface area (Å²) in [7, 11) is 0. The number of carboxylic acid groups (broad SMARTS) is 1.